The zero-order valence-corrected chi connectivity index (χ0v) is 7.77. The van der Waals surface area contributed by atoms with Gasteiger partial charge in [-0.15, -0.1) is 11.8 Å². The third-order valence-electron chi connectivity index (χ3n) is 1.74. The highest BCUT2D eigenvalue weighted by Crippen LogP contribution is 2.29. The topological polar surface area (TPSA) is 29.5 Å². The molecule has 1 unspecified atom stereocenters. The van der Waals surface area contributed by atoms with Crippen LogP contribution in [0.5, 0.6) is 0 Å². The van der Waals surface area contributed by atoms with Crippen LogP contribution in [0.25, 0.3) is 0 Å². The minimum absolute atomic E-state index is 0.247. The van der Waals surface area contributed by atoms with E-state index in [-0.39, 0.29) is 6.61 Å². The van der Waals surface area contributed by atoms with Gasteiger partial charge in [-0.3, -0.25) is 0 Å². The van der Waals surface area contributed by atoms with E-state index in [0.29, 0.717) is 5.25 Å². The Morgan fingerprint density at radius 3 is 2.91 bits per heavy atom. The molecule has 0 bridgehead atoms. The predicted octanol–water partition coefficient (Wildman–Crippen LogP) is 1.48. The number of rotatable bonds is 6. The van der Waals surface area contributed by atoms with Crippen LogP contribution in [0.4, 0.5) is 0 Å². The van der Waals surface area contributed by atoms with Gasteiger partial charge in [0, 0.05) is 5.25 Å². The summed E-state index contributed by atoms with van der Waals surface area (Å²) in [6.07, 6.45) is 2.69. The Balaban J connectivity index is 1.79. The van der Waals surface area contributed by atoms with Crippen LogP contribution in [-0.2, 0) is 4.74 Å². The van der Waals surface area contributed by atoms with Crippen molar-refractivity contribution in [2.45, 2.75) is 25.0 Å². The molecule has 2 nitrogen and oxygen atoms in total. The number of aliphatic hydroxyl groups is 1. The van der Waals surface area contributed by atoms with Crippen molar-refractivity contribution in [3.63, 3.8) is 0 Å². The molecule has 1 saturated carbocycles. The summed E-state index contributed by atoms with van der Waals surface area (Å²) in [5.41, 5.74) is 0. The fourth-order valence-corrected chi connectivity index (χ4v) is 1.25. The van der Waals surface area contributed by atoms with Crippen LogP contribution < -0.4 is 0 Å². The molecule has 0 saturated heterocycles. The highest BCUT2D eigenvalue weighted by atomic mass is 32.2. The number of ether oxygens (including phenoxy) is 1. The van der Waals surface area contributed by atoms with Crippen LogP contribution in [0.3, 0.4) is 0 Å². The van der Waals surface area contributed by atoms with Crippen molar-refractivity contribution in [3.8, 4) is 0 Å². The summed E-state index contributed by atoms with van der Waals surface area (Å²) in [6.45, 7) is 3.17. The van der Waals surface area contributed by atoms with Gasteiger partial charge in [-0.2, -0.15) is 0 Å². The van der Waals surface area contributed by atoms with Gasteiger partial charge in [-0.25, -0.2) is 0 Å². The van der Waals surface area contributed by atoms with Gasteiger partial charge < -0.3 is 9.84 Å². The lowest BCUT2D eigenvalue weighted by molar-refractivity contribution is 0.170. The molecular formula is C8H16O2S. The van der Waals surface area contributed by atoms with Crippen LogP contribution >= 0.6 is 11.8 Å². The number of hydrogen-bond donors (Lipinski definition) is 1. The van der Waals surface area contributed by atoms with Crippen molar-refractivity contribution >= 4 is 11.8 Å². The van der Waals surface area contributed by atoms with Gasteiger partial charge in [0.15, 0.2) is 0 Å². The molecular weight excluding hydrogens is 160 g/mol. The van der Waals surface area contributed by atoms with E-state index >= 15 is 0 Å². The molecule has 0 amide bonds. The van der Waals surface area contributed by atoms with E-state index in [4.69, 9.17) is 9.84 Å². The summed E-state index contributed by atoms with van der Waals surface area (Å²) in [7, 11) is 0. The summed E-state index contributed by atoms with van der Waals surface area (Å²) in [5.74, 6) is 1.58. The number of hydrogen-bond acceptors (Lipinski definition) is 3. The minimum Gasteiger partial charge on any atom is -0.395 e. The second kappa shape index (κ2) is 5.01. The van der Waals surface area contributed by atoms with Gasteiger partial charge >= 0.3 is 0 Å². The van der Waals surface area contributed by atoms with Gasteiger partial charge in [0.2, 0.25) is 0 Å². The summed E-state index contributed by atoms with van der Waals surface area (Å²) < 4.78 is 5.38. The largest absolute Gasteiger partial charge is 0.395 e. The van der Waals surface area contributed by atoms with Crippen LogP contribution in [0.1, 0.15) is 19.8 Å². The molecule has 1 rings (SSSR count). The fourth-order valence-electron chi connectivity index (χ4n) is 0.716. The smallest absolute Gasteiger partial charge is 0.0924 e. The van der Waals surface area contributed by atoms with Gasteiger partial charge in [-0.1, -0.05) is 6.92 Å². The third kappa shape index (κ3) is 4.67. The first-order valence-corrected chi connectivity index (χ1v) is 5.18. The SMILES string of the molecule is CC(CO)SCOCC1CC1. The lowest BCUT2D eigenvalue weighted by Crippen LogP contribution is -2.05. The standard InChI is InChI=1S/C8H16O2S/c1-7(4-9)11-6-10-5-8-2-3-8/h7-9H,2-6H2,1H3. The van der Waals surface area contributed by atoms with E-state index in [9.17, 15) is 0 Å². The number of aliphatic hydroxyl groups excluding tert-OH is 1. The van der Waals surface area contributed by atoms with E-state index in [0.717, 1.165) is 18.5 Å². The van der Waals surface area contributed by atoms with Crippen molar-refractivity contribution < 1.29 is 9.84 Å². The summed E-state index contributed by atoms with van der Waals surface area (Å²) >= 11 is 1.67. The van der Waals surface area contributed by atoms with Gasteiger partial charge in [-0.05, 0) is 18.8 Å². The average Bonchev–Trinajstić information content (AvgIpc) is 2.81. The zero-order valence-electron chi connectivity index (χ0n) is 6.95. The van der Waals surface area contributed by atoms with Gasteiger partial charge in [0.1, 0.15) is 0 Å². The normalized spacial score (nSPS) is 20.2. The maximum atomic E-state index is 8.68. The predicted molar refractivity (Wildman–Crippen MR) is 47.7 cm³/mol. The quantitative estimate of drug-likeness (QED) is 0.491. The number of thioether (sulfide) groups is 1. The van der Waals surface area contributed by atoms with Crippen LogP contribution in [0.15, 0.2) is 0 Å². The summed E-state index contributed by atoms with van der Waals surface area (Å²) in [6, 6.07) is 0. The maximum absolute atomic E-state index is 8.68. The summed E-state index contributed by atoms with van der Waals surface area (Å²) in [4.78, 5) is 0. The van der Waals surface area contributed by atoms with E-state index < -0.39 is 0 Å². The second-order valence-electron chi connectivity index (χ2n) is 3.09. The van der Waals surface area contributed by atoms with E-state index in [1.54, 1.807) is 11.8 Å². The maximum Gasteiger partial charge on any atom is 0.0924 e. The van der Waals surface area contributed by atoms with Crippen molar-refractivity contribution in [2.75, 3.05) is 19.2 Å². The fraction of sp³-hybridized carbons (Fsp3) is 1.00. The lowest BCUT2D eigenvalue weighted by Gasteiger charge is -2.07. The Bertz CT molecular complexity index is 104. The first kappa shape index (κ1) is 9.36. The van der Waals surface area contributed by atoms with Gasteiger partial charge in [0.05, 0.1) is 19.2 Å². The molecule has 0 aliphatic heterocycles. The first-order valence-electron chi connectivity index (χ1n) is 4.13. The van der Waals surface area contributed by atoms with E-state index in [1.807, 2.05) is 6.92 Å². The molecule has 1 aliphatic rings. The Hall–Kier alpha value is 0.270. The molecule has 1 aliphatic carbocycles. The van der Waals surface area contributed by atoms with Crippen LogP contribution in [-0.4, -0.2) is 29.5 Å². The Morgan fingerprint density at radius 1 is 1.64 bits per heavy atom. The molecule has 1 fully saturated rings. The first-order chi connectivity index (χ1) is 5.33. The molecule has 0 radical (unpaired) electrons. The average molecular weight is 176 g/mol. The Kier molecular flexibility index (Phi) is 4.26. The van der Waals surface area contributed by atoms with E-state index in [1.165, 1.54) is 12.8 Å². The molecule has 0 aromatic carbocycles. The van der Waals surface area contributed by atoms with Crippen LogP contribution in [0, 0.1) is 5.92 Å². The third-order valence-corrected chi connectivity index (χ3v) is 2.76. The molecule has 0 aromatic heterocycles. The zero-order chi connectivity index (χ0) is 8.10. The molecule has 11 heavy (non-hydrogen) atoms. The highest BCUT2D eigenvalue weighted by molar-refractivity contribution is 7.99. The molecule has 1 N–H and O–H groups in total. The molecule has 1 atom stereocenters. The van der Waals surface area contributed by atoms with Crippen LogP contribution in [0.2, 0.25) is 0 Å². The highest BCUT2D eigenvalue weighted by Gasteiger charge is 2.20. The van der Waals surface area contributed by atoms with Crippen molar-refractivity contribution in [3.05, 3.63) is 0 Å². The molecule has 0 aromatic rings. The molecule has 0 heterocycles. The van der Waals surface area contributed by atoms with Crippen molar-refractivity contribution in [1.82, 2.24) is 0 Å². The molecule has 3 heteroatoms. The Labute approximate surface area is 72.3 Å². The van der Waals surface area contributed by atoms with E-state index in [2.05, 4.69) is 0 Å². The van der Waals surface area contributed by atoms with Gasteiger partial charge in [0.25, 0.3) is 0 Å². The minimum atomic E-state index is 0.247. The van der Waals surface area contributed by atoms with Crippen molar-refractivity contribution in [1.29, 1.82) is 0 Å². The van der Waals surface area contributed by atoms with Crippen molar-refractivity contribution in [2.24, 2.45) is 5.92 Å². The second-order valence-corrected chi connectivity index (χ2v) is 4.47. The summed E-state index contributed by atoms with van der Waals surface area (Å²) in [5, 5.41) is 8.99. The molecule has 66 valence electrons. The lowest BCUT2D eigenvalue weighted by atomic mass is 10.5. The Morgan fingerprint density at radius 2 is 2.36 bits per heavy atom. The monoisotopic (exact) mass is 176 g/mol. The molecule has 0 spiro atoms.